The monoisotopic (exact) mass is 341 g/mol. The van der Waals surface area contributed by atoms with E-state index in [1.807, 2.05) is 30.3 Å². The summed E-state index contributed by atoms with van der Waals surface area (Å²) in [5.41, 5.74) is 11.4. The molecule has 0 aliphatic rings. The Morgan fingerprint density at radius 1 is 0.952 bits per heavy atom. The number of hydrogen-bond donors (Lipinski definition) is 1. The normalized spacial score (nSPS) is 10.8. The molecular weight excluding hydrogens is 326 g/mol. The van der Waals surface area contributed by atoms with Gasteiger partial charge in [-0.3, -0.25) is 0 Å². The van der Waals surface area contributed by atoms with Gasteiger partial charge < -0.3 is 5.73 Å². The molecule has 0 radical (unpaired) electrons. The van der Waals surface area contributed by atoms with Crippen LogP contribution in [0.3, 0.4) is 0 Å². The Labute approximate surface area is 132 Å². The number of aryl methyl sites for hydroxylation is 2. The Bertz CT molecular complexity index is 768. The Kier molecular flexibility index (Phi) is 3.55. The average molecular weight is 342 g/mol. The highest BCUT2D eigenvalue weighted by Crippen LogP contribution is 2.25. The summed E-state index contributed by atoms with van der Waals surface area (Å²) in [5, 5.41) is 4.64. The van der Waals surface area contributed by atoms with E-state index in [1.165, 1.54) is 11.1 Å². The van der Waals surface area contributed by atoms with Gasteiger partial charge in [-0.25, -0.2) is 4.68 Å². The van der Waals surface area contributed by atoms with Crippen LogP contribution in [0.1, 0.15) is 11.1 Å². The summed E-state index contributed by atoms with van der Waals surface area (Å²) in [5.74, 6) is 0.637. The van der Waals surface area contributed by atoms with E-state index >= 15 is 0 Å². The van der Waals surface area contributed by atoms with Gasteiger partial charge in [0.05, 0.1) is 11.4 Å². The van der Waals surface area contributed by atoms with Crippen molar-refractivity contribution in [1.82, 2.24) is 9.78 Å². The third-order valence-electron chi connectivity index (χ3n) is 3.33. The fourth-order valence-corrected chi connectivity index (χ4v) is 2.70. The maximum Gasteiger partial charge on any atom is 0.127 e. The fraction of sp³-hybridized carbons (Fsp3) is 0.118. The van der Waals surface area contributed by atoms with Crippen LogP contribution in [0.4, 0.5) is 5.82 Å². The molecule has 0 saturated heterocycles. The van der Waals surface area contributed by atoms with Crippen molar-refractivity contribution in [2.45, 2.75) is 13.8 Å². The first kappa shape index (κ1) is 13.9. The molecule has 0 bridgehead atoms. The minimum atomic E-state index is 0.637. The standard InChI is InChI=1S/C17H16BrN3/c1-11-7-12(2)9-15(8-11)21-17(19)10-16(20-21)13-3-5-14(18)6-4-13/h3-10H,19H2,1-2H3. The predicted octanol–water partition coefficient (Wildman–Crippen LogP) is 4.50. The van der Waals surface area contributed by atoms with E-state index in [9.17, 15) is 0 Å². The van der Waals surface area contributed by atoms with Crippen molar-refractivity contribution in [1.29, 1.82) is 0 Å². The highest BCUT2D eigenvalue weighted by molar-refractivity contribution is 9.10. The fourth-order valence-electron chi connectivity index (χ4n) is 2.44. The molecule has 2 aromatic carbocycles. The van der Waals surface area contributed by atoms with Crippen LogP contribution < -0.4 is 5.73 Å². The number of nitrogens with two attached hydrogens (primary N) is 1. The second kappa shape index (κ2) is 5.37. The van der Waals surface area contributed by atoms with Gasteiger partial charge in [-0.1, -0.05) is 34.1 Å². The molecule has 0 aliphatic carbocycles. The lowest BCUT2D eigenvalue weighted by Crippen LogP contribution is -2.02. The molecule has 0 spiro atoms. The van der Waals surface area contributed by atoms with Gasteiger partial charge in [-0.15, -0.1) is 0 Å². The second-order valence-electron chi connectivity index (χ2n) is 5.22. The lowest BCUT2D eigenvalue weighted by atomic mass is 10.1. The summed E-state index contributed by atoms with van der Waals surface area (Å²) in [6.07, 6.45) is 0. The van der Waals surface area contributed by atoms with E-state index in [0.717, 1.165) is 21.4 Å². The predicted molar refractivity (Wildman–Crippen MR) is 90.6 cm³/mol. The van der Waals surface area contributed by atoms with Crippen molar-refractivity contribution in [2.24, 2.45) is 0 Å². The average Bonchev–Trinajstić information content (AvgIpc) is 2.80. The van der Waals surface area contributed by atoms with Gasteiger partial charge in [0.25, 0.3) is 0 Å². The molecule has 0 amide bonds. The van der Waals surface area contributed by atoms with Crippen molar-refractivity contribution >= 4 is 21.7 Å². The molecule has 3 aromatic rings. The molecule has 0 unspecified atom stereocenters. The first-order valence-electron chi connectivity index (χ1n) is 6.73. The zero-order valence-electron chi connectivity index (χ0n) is 12.0. The topological polar surface area (TPSA) is 43.8 Å². The molecule has 0 aliphatic heterocycles. The number of hydrogen-bond acceptors (Lipinski definition) is 2. The van der Waals surface area contributed by atoms with E-state index < -0.39 is 0 Å². The molecule has 0 atom stereocenters. The quantitative estimate of drug-likeness (QED) is 0.745. The van der Waals surface area contributed by atoms with Crippen LogP contribution in [0.5, 0.6) is 0 Å². The van der Waals surface area contributed by atoms with Crippen molar-refractivity contribution in [3.05, 3.63) is 64.1 Å². The number of benzene rings is 2. The summed E-state index contributed by atoms with van der Waals surface area (Å²) >= 11 is 3.44. The molecular formula is C17H16BrN3. The maximum atomic E-state index is 6.13. The molecule has 3 rings (SSSR count). The number of halogens is 1. The Balaban J connectivity index is 2.07. The molecule has 4 heteroatoms. The third kappa shape index (κ3) is 2.85. The summed E-state index contributed by atoms with van der Waals surface area (Å²) in [4.78, 5) is 0. The van der Waals surface area contributed by atoms with Crippen molar-refractivity contribution in [3.8, 4) is 16.9 Å². The number of aromatic nitrogens is 2. The van der Waals surface area contributed by atoms with Crippen LogP contribution in [0.2, 0.25) is 0 Å². The zero-order chi connectivity index (χ0) is 15.0. The smallest absolute Gasteiger partial charge is 0.127 e. The number of rotatable bonds is 2. The van der Waals surface area contributed by atoms with Gasteiger partial charge in [0, 0.05) is 16.1 Å². The molecule has 1 aromatic heterocycles. The maximum absolute atomic E-state index is 6.13. The summed E-state index contributed by atoms with van der Waals surface area (Å²) in [7, 11) is 0. The van der Waals surface area contributed by atoms with Gasteiger partial charge >= 0.3 is 0 Å². The molecule has 1 heterocycles. The van der Waals surface area contributed by atoms with Gasteiger partial charge in [0.2, 0.25) is 0 Å². The van der Waals surface area contributed by atoms with Crippen LogP contribution in [0, 0.1) is 13.8 Å². The molecule has 3 nitrogen and oxygen atoms in total. The summed E-state index contributed by atoms with van der Waals surface area (Å²) in [6, 6.07) is 16.3. The minimum absolute atomic E-state index is 0.637. The highest BCUT2D eigenvalue weighted by Gasteiger charge is 2.09. The second-order valence-corrected chi connectivity index (χ2v) is 6.13. The van der Waals surface area contributed by atoms with Crippen LogP contribution in [0.25, 0.3) is 16.9 Å². The van der Waals surface area contributed by atoms with Gasteiger partial charge in [-0.05, 0) is 49.2 Å². The zero-order valence-corrected chi connectivity index (χ0v) is 13.6. The van der Waals surface area contributed by atoms with Crippen molar-refractivity contribution in [3.63, 3.8) is 0 Å². The molecule has 106 valence electrons. The molecule has 0 fully saturated rings. The summed E-state index contributed by atoms with van der Waals surface area (Å²) < 4.78 is 2.84. The largest absolute Gasteiger partial charge is 0.384 e. The van der Waals surface area contributed by atoms with Gasteiger partial charge in [0.15, 0.2) is 0 Å². The first-order chi connectivity index (χ1) is 10.0. The summed E-state index contributed by atoms with van der Waals surface area (Å²) in [6.45, 7) is 4.15. The first-order valence-corrected chi connectivity index (χ1v) is 7.52. The Hall–Kier alpha value is -2.07. The van der Waals surface area contributed by atoms with E-state index in [0.29, 0.717) is 5.82 Å². The Morgan fingerprint density at radius 2 is 1.57 bits per heavy atom. The van der Waals surface area contributed by atoms with E-state index in [1.54, 1.807) is 4.68 Å². The SMILES string of the molecule is Cc1cc(C)cc(-n2nc(-c3ccc(Br)cc3)cc2N)c1. The van der Waals surface area contributed by atoms with E-state index in [-0.39, 0.29) is 0 Å². The van der Waals surface area contributed by atoms with E-state index in [4.69, 9.17) is 5.73 Å². The van der Waals surface area contributed by atoms with E-state index in [2.05, 4.69) is 53.1 Å². The highest BCUT2D eigenvalue weighted by atomic mass is 79.9. The van der Waals surface area contributed by atoms with Crippen molar-refractivity contribution in [2.75, 3.05) is 5.73 Å². The van der Waals surface area contributed by atoms with Crippen LogP contribution in [0.15, 0.2) is 53.0 Å². The lowest BCUT2D eigenvalue weighted by molar-refractivity contribution is 0.892. The van der Waals surface area contributed by atoms with Crippen LogP contribution in [-0.4, -0.2) is 9.78 Å². The molecule has 0 saturated carbocycles. The number of nitrogen functional groups attached to an aromatic ring is 1. The minimum Gasteiger partial charge on any atom is -0.384 e. The lowest BCUT2D eigenvalue weighted by Gasteiger charge is -2.06. The number of nitrogens with zero attached hydrogens (tertiary/aromatic N) is 2. The van der Waals surface area contributed by atoms with Crippen LogP contribution in [-0.2, 0) is 0 Å². The van der Waals surface area contributed by atoms with Gasteiger partial charge in [-0.2, -0.15) is 5.10 Å². The third-order valence-corrected chi connectivity index (χ3v) is 3.86. The molecule has 21 heavy (non-hydrogen) atoms. The number of anilines is 1. The van der Waals surface area contributed by atoms with Crippen LogP contribution >= 0.6 is 15.9 Å². The Morgan fingerprint density at radius 3 is 2.19 bits per heavy atom. The van der Waals surface area contributed by atoms with Gasteiger partial charge in [0.1, 0.15) is 5.82 Å². The molecule has 2 N–H and O–H groups in total. The van der Waals surface area contributed by atoms with Crippen molar-refractivity contribution < 1.29 is 0 Å².